The molecule has 1 aromatic rings. The lowest BCUT2D eigenvalue weighted by atomic mass is 9.67. The number of fused-ring (bicyclic) bond motifs is 1. The predicted octanol–water partition coefficient (Wildman–Crippen LogP) is 2.39. The van der Waals surface area contributed by atoms with Crippen LogP contribution < -0.4 is 10.6 Å². The van der Waals surface area contributed by atoms with Gasteiger partial charge in [0.05, 0.1) is 10.3 Å². The molecule has 0 bridgehead atoms. The zero-order valence-electron chi connectivity index (χ0n) is 15.5. The van der Waals surface area contributed by atoms with E-state index in [4.69, 9.17) is 0 Å². The van der Waals surface area contributed by atoms with Crippen LogP contribution in [0.15, 0.2) is 23.1 Å². The monoisotopic (exact) mass is 401 g/mol. The van der Waals surface area contributed by atoms with Crippen molar-refractivity contribution >= 4 is 34.0 Å². The maximum atomic E-state index is 13.0. The molecule has 1 saturated heterocycles. The van der Waals surface area contributed by atoms with Crippen molar-refractivity contribution in [1.82, 2.24) is 9.62 Å². The van der Waals surface area contributed by atoms with E-state index >= 15 is 0 Å². The summed E-state index contributed by atoms with van der Waals surface area (Å²) in [6.07, 6.45) is 4.22. The largest absolute Gasteiger partial charge is 0.326 e. The molecular formula is C18H28ClN3O3S. The molecule has 0 aromatic heterocycles. The highest BCUT2D eigenvalue weighted by atomic mass is 35.5. The number of hydrogen-bond donors (Lipinski definition) is 2. The lowest BCUT2D eigenvalue weighted by molar-refractivity contribution is -0.128. The Morgan fingerprint density at radius 1 is 1.31 bits per heavy atom. The Labute approximate surface area is 162 Å². The molecule has 2 atom stereocenters. The average Bonchev–Trinajstić information content (AvgIpc) is 3.01. The molecule has 0 radical (unpaired) electrons. The van der Waals surface area contributed by atoms with Crippen LogP contribution in [0.4, 0.5) is 5.69 Å². The van der Waals surface area contributed by atoms with E-state index in [0.29, 0.717) is 23.7 Å². The maximum absolute atomic E-state index is 13.0. The summed E-state index contributed by atoms with van der Waals surface area (Å²) in [4.78, 5) is 13.3. The van der Waals surface area contributed by atoms with Crippen LogP contribution in [0, 0.1) is 18.3 Å². The van der Waals surface area contributed by atoms with Crippen LogP contribution in [0.5, 0.6) is 0 Å². The number of amides is 1. The van der Waals surface area contributed by atoms with Crippen molar-refractivity contribution in [3.63, 3.8) is 0 Å². The number of carbonyl (C=O) groups excluding carboxylic acids is 1. The van der Waals surface area contributed by atoms with Gasteiger partial charge in [0.15, 0.2) is 0 Å². The lowest BCUT2D eigenvalue weighted by Crippen LogP contribution is -2.44. The third-order valence-electron chi connectivity index (χ3n) is 5.69. The van der Waals surface area contributed by atoms with E-state index in [9.17, 15) is 13.2 Å². The van der Waals surface area contributed by atoms with Crippen molar-refractivity contribution in [1.29, 1.82) is 0 Å². The second kappa shape index (κ2) is 7.84. The van der Waals surface area contributed by atoms with Crippen molar-refractivity contribution in [3.05, 3.63) is 23.8 Å². The highest BCUT2D eigenvalue weighted by molar-refractivity contribution is 7.89. The molecule has 1 saturated carbocycles. The minimum absolute atomic E-state index is 0. The van der Waals surface area contributed by atoms with Gasteiger partial charge < -0.3 is 10.6 Å². The summed E-state index contributed by atoms with van der Waals surface area (Å²) in [5, 5.41) is 6.36. The van der Waals surface area contributed by atoms with Crippen molar-refractivity contribution < 1.29 is 13.2 Å². The Hall–Kier alpha value is -1.15. The second-order valence-corrected chi connectivity index (χ2v) is 9.57. The van der Waals surface area contributed by atoms with Crippen LogP contribution in [0.1, 0.15) is 31.2 Å². The molecule has 6 nitrogen and oxygen atoms in total. The van der Waals surface area contributed by atoms with Crippen molar-refractivity contribution in [3.8, 4) is 0 Å². The molecule has 1 heterocycles. The first-order chi connectivity index (χ1) is 11.8. The molecule has 2 N–H and O–H groups in total. The molecule has 2 aliphatic rings. The Balaban J connectivity index is 0.00000243. The fraction of sp³-hybridized carbons (Fsp3) is 0.611. The van der Waals surface area contributed by atoms with Gasteiger partial charge in [0.2, 0.25) is 15.9 Å². The Kier molecular flexibility index (Phi) is 6.38. The average molecular weight is 402 g/mol. The number of nitrogens with one attached hydrogen (secondary N) is 2. The molecule has 8 heteroatoms. The molecule has 3 rings (SSSR count). The summed E-state index contributed by atoms with van der Waals surface area (Å²) in [5.41, 5.74) is 0.855. The van der Waals surface area contributed by atoms with E-state index < -0.39 is 10.0 Å². The zero-order chi connectivity index (χ0) is 18.2. The van der Waals surface area contributed by atoms with E-state index in [1.165, 1.54) is 24.8 Å². The number of rotatable bonds is 4. The maximum Gasteiger partial charge on any atom is 0.242 e. The minimum atomic E-state index is -3.54. The topological polar surface area (TPSA) is 78.5 Å². The summed E-state index contributed by atoms with van der Waals surface area (Å²) < 4.78 is 26.1. The van der Waals surface area contributed by atoms with Gasteiger partial charge >= 0.3 is 0 Å². The number of anilines is 1. The molecule has 1 amide bonds. The fourth-order valence-electron chi connectivity index (χ4n) is 4.10. The van der Waals surface area contributed by atoms with Gasteiger partial charge in [0.25, 0.3) is 0 Å². The summed E-state index contributed by atoms with van der Waals surface area (Å²) in [6, 6.07) is 5.09. The Bertz CT molecular complexity index is 782. The molecule has 0 unspecified atom stereocenters. The first-order valence-corrected chi connectivity index (χ1v) is 10.3. The molecular weight excluding hydrogens is 374 g/mol. The van der Waals surface area contributed by atoms with E-state index in [1.54, 1.807) is 25.1 Å². The van der Waals surface area contributed by atoms with Gasteiger partial charge in [-0.05, 0) is 49.9 Å². The van der Waals surface area contributed by atoms with Crippen molar-refractivity contribution in [2.24, 2.45) is 11.3 Å². The van der Waals surface area contributed by atoms with Crippen LogP contribution in [0.2, 0.25) is 0 Å². The highest BCUT2D eigenvalue weighted by Crippen LogP contribution is 2.44. The summed E-state index contributed by atoms with van der Waals surface area (Å²) in [7, 11) is -0.521. The van der Waals surface area contributed by atoms with Crippen molar-refractivity contribution in [2.45, 2.75) is 37.5 Å². The number of halogens is 1. The van der Waals surface area contributed by atoms with E-state index in [0.717, 1.165) is 25.8 Å². The molecule has 146 valence electrons. The lowest BCUT2D eigenvalue weighted by Gasteiger charge is -2.37. The molecule has 0 spiro atoms. The summed E-state index contributed by atoms with van der Waals surface area (Å²) >= 11 is 0. The first-order valence-electron chi connectivity index (χ1n) is 8.83. The summed E-state index contributed by atoms with van der Waals surface area (Å²) in [6.45, 7) is 3.36. The molecule has 2 fully saturated rings. The third-order valence-corrected chi connectivity index (χ3v) is 7.65. The zero-order valence-corrected chi connectivity index (χ0v) is 17.2. The van der Waals surface area contributed by atoms with E-state index in [-0.39, 0.29) is 28.6 Å². The molecule has 1 aliphatic heterocycles. The smallest absolute Gasteiger partial charge is 0.242 e. The normalized spacial score (nSPS) is 25.5. The predicted molar refractivity (Wildman–Crippen MR) is 105 cm³/mol. The van der Waals surface area contributed by atoms with Gasteiger partial charge in [-0.2, -0.15) is 0 Å². The quantitative estimate of drug-likeness (QED) is 0.811. The van der Waals surface area contributed by atoms with Gasteiger partial charge in [-0.25, -0.2) is 12.7 Å². The SMILES string of the molecule is Cc1ccc(NC(=O)[C@@]23CCCC[C@H]2CNC3)cc1S(=O)(=O)N(C)C.Cl. The molecule has 26 heavy (non-hydrogen) atoms. The van der Waals surface area contributed by atoms with Gasteiger partial charge in [-0.1, -0.05) is 18.9 Å². The van der Waals surface area contributed by atoms with Crippen LogP contribution in [-0.2, 0) is 14.8 Å². The van der Waals surface area contributed by atoms with Crippen LogP contribution >= 0.6 is 12.4 Å². The fourth-order valence-corrected chi connectivity index (χ4v) is 5.24. The highest BCUT2D eigenvalue weighted by Gasteiger charge is 2.49. The number of hydrogen-bond acceptors (Lipinski definition) is 4. The number of sulfonamides is 1. The van der Waals surface area contributed by atoms with E-state index in [2.05, 4.69) is 10.6 Å². The van der Waals surface area contributed by atoms with Crippen LogP contribution in [0.25, 0.3) is 0 Å². The standard InChI is InChI=1S/C18H27N3O3S.ClH/c1-13-7-8-15(10-16(13)25(23,24)21(2)3)20-17(22)18-9-5-4-6-14(18)11-19-12-18;/h7-8,10,14,19H,4-6,9,11-12H2,1-3H3,(H,20,22);1H/t14-,18+;/m0./s1. The van der Waals surface area contributed by atoms with Gasteiger partial charge in [-0.15, -0.1) is 12.4 Å². The second-order valence-electron chi connectivity index (χ2n) is 7.45. The van der Waals surface area contributed by atoms with E-state index in [1.807, 2.05) is 0 Å². The van der Waals surface area contributed by atoms with Gasteiger partial charge in [-0.3, -0.25) is 4.79 Å². The number of aryl methyl sites for hydroxylation is 1. The van der Waals surface area contributed by atoms with Crippen LogP contribution in [0.3, 0.4) is 0 Å². The van der Waals surface area contributed by atoms with Crippen LogP contribution in [-0.4, -0.2) is 45.8 Å². The molecule has 1 aliphatic carbocycles. The first kappa shape index (κ1) is 21.2. The van der Waals surface area contributed by atoms with Crippen molar-refractivity contribution in [2.75, 3.05) is 32.5 Å². The Morgan fingerprint density at radius 2 is 2.04 bits per heavy atom. The minimum Gasteiger partial charge on any atom is -0.326 e. The number of nitrogens with zero attached hydrogens (tertiary/aromatic N) is 1. The number of carbonyl (C=O) groups is 1. The Morgan fingerprint density at radius 3 is 2.73 bits per heavy atom. The van der Waals surface area contributed by atoms with Gasteiger partial charge in [0, 0.05) is 26.3 Å². The number of benzene rings is 1. The molecule has 1 aromatic carbocycles. The third kappa shape index (κ3) is 3.63. The summed E-state index contributed by atoms with van der Waals surface area (Å²) in [5.74, 6) is 0.385. The van der Waals surface area contributed by atoms with Gasteiger partial charge in [0.1, 0.15) is 0 Å².